The third-order valence-corrected chi connectivity index (χ3v) is 14.3. The molecule has 3 fully saturated rings. The molecule has 0 bridgehead atoms. The lowest BCUT2D eigenvalue weighted by atomic mass is 9.51. The van der Waals surface area contributed by atoms with Crippen LogP contribution in [0.4, 0.5) is 11.5 Å². The van der Waals surface area contributed by atoms with Gasteiger partial charge in [0.1, 0.15) is 11.5 Å². The van der Waals surface area contributed by atoms with Crippen molar-refractivity contribution in [3.05, 3.63) is 99.0 Å². The van der Waals surface area contributed by atoms with Crippen LogP contribution in [0.3, 0.4) is 0 Å². The molecule has 9 rings (SSSR count). The molecule has 5 aromatic rings. The van der Waals surface area contributed by atoms with Gasteiger partial charge in [-0.1, -0.05) is 45.2 Å². The van der Waals surface area contributed by atoms with E-state index in [2.05, 4.69) is 15.9 Å². The summed E-state index contributed by atoms with van der Waals surface area (Å²) in [6.07, 6.45) is 2.55. The Morgan fingerprint density at radius 3 is 2.49 bits per heavy atom. The molecule has 13 heteroatoms. The molecule has 55 heavy (non-hydrogen) atoms. The van der Waals surface area contributed by atoms with Crippen molar-refractivity contribution in [3.8, 4) is 22.1 Å². The molecule has 1 saturated carbocycles. The first-order valence-electron chi connectivity index (χ1n) is 18.2. The van der Waals surface area contributed by atoms with Gasteiger partial charge in [0.25, 0.3) is 0 Å². The summed E-state index contributed by atoms with van der Waals surface area (Å²) in [6, 6.07) is 19.6. The Balaban J connectivity index is 1.16. The zero-order valence-electron chi connectivity index (χ0n) is 30.4. The number of hydrogen-bond acceptors (Lipinski definition) is 8. The summed E-state index contributed by atoms with van der Waals surface area (Å²) in [5.74, 6) is -4.06. The van der Waals surface area contributed by atoms with Crippen molar-refractivity contribution in [1.82, 2.24) is 9.78 Å². The van der Waals surface area contributed by atoms with Crippen LogP contribution in [0, 0.1) is 36.0 Å². The number of halogens is 2. The second-order valence-electron chi connectivity index (χ2n) is 15.0. The molecule has 3 aromatic carbocycles. The van der Waals surface area contributed by atoms with Gasteiger partial charge in [-0.3, -0.25) is 28.8 Å². The highest BCUT2D eigenvalue weighted by Gasteiger charge is 2.68. The van der Waals surface area contributed by atoms with Crippen LogP contribution in [-0.4, -0.2) is 45.1 Å². The summed E-state index contributed by atoms with van der Waals surface area (Å²) < 4.78 is 9.24. The first-order chi connectivity index (χ1) is 26.3. The summed E-state index contributed by atoms with van der Waals surface area (Å²) >= 11 is 11.3. The van der Waals surface area contributed by atoms with E-state index >= 15 is 4.79 Å². The molecule has 10 nitrogen and oxygen atoms in total. The Labute approximate surface area is 334 Å². The number of phenolic OH excluding ortho intramolecular Hbond substituents is 1. The van der Waals surface area contributed by atoms with E-state index in [0.29, 0.717) is 40.8 Å². The van der Waals surface area contributed by atoms with Gasteiger partial charge in [-0.2, -0.15) is 5.10 Å². The van der Waals surface area contributed by atoms with Crippen molar-refractivity contribution in [2.75, 3.05) is 16.4 Å². The van der Waals surface area contributed by atoms with Crippen LogP contribution in [-0.2, 0) is 26.2 Å². The molecular weight excluding hydrogens is 804 g/mol. The molecule has 4 aliphatic rings. The number of hydrogen-bond donors (Lipinski definition) is 1. The van der Waals surface area contributed by atoms with Crippen LogP contribution in [0.1, 0.15) is 43.7 Å². The van der Waals surface area contributed by atoms with E-state index in [-0.39, 0.29) is 41.5 Å². The number of aromatic nitrogens is 2. The smallest absolute Gasteiger partial charge is 0.242 e. The Hall–Kier alpha value is -4.78. The molecule has 2 saturated heterocycles. The molecule has 0 radical (unpaired) electrons. The van der Waals surface area contributed by atoms with Crippen LogP contribution in [0.2, 0.25) is 5.02 Å². The summed E-state index contributed by atoms with van der Waals surface area (Å²) in [6.45, 7) is 5.97. The number of ether oxygens (including phenoxy) is 1. The van der Waals surface area contributed by atoms with Crippen molar-refractivity contribution in [2.24, 2.45) is 36.1 Å². The zero-order chi connectivity index (χ0) is 38.7. The molecule has 6 atom stereocenters. The van der Waals surface area contributed by atoms with E-state index in [1.165, 1.54) is 9.80 Å². The third-order valence-electron chi connectivity index (χ3n) is 12.2. The fourth-order valence-electron chi connectivity index (χ4n) is 9.66. The number of carbonyl (C=O) groups is 4. The van der Waals surface area contributed by atoms with Crippen molar-refractivity contribution in [3.63, 3.8) is 0 Å². The van der Waals surface area contributed by atoms with Crippen LogP contribution in [0.25, 0.3) is 20.7 Å². The number of carbonyl (C=O) groups excluding carboxylic acids is 4. The highest BCUT2D eigenvalue weighted by atomic mass is 79.9. The van der Waals surface area contributed by atoms with Gasteiger partial charge in [-0.25, -0.2) is 4.90 Å². The molecule has 2 aromatic heterocycles. The van der Waals surface area contributed by atoms with Gasteiger partial charge < -0.3 is 9.84 Å². The van der Waals surface area contributed by atoms with Crippen molar-refractivity contribution >= 4 is 84.1 Å². The number of nitrogens with zero attached hydrogens (tertiary/aromatic N) is 4. The molecule has 1 N–H and O–H groups in total. The standard InChI is InChI=1S/C42H36BrClN4O6S/c1-5-54-32-16-21(6-14-31(32)49)36-25-12-13-26-35(40(52)47(38(26)50)24-10-7-22(43)8-11-24)28(25)18-29-39(51)48(41(53)42(29,36)3)34-19-30(45-46(34)4)37-20(2)27-17-23(44)9-15-33(27)55-37/h6-12,14-17,19,26,28-29,35-36,49H,5,13,18H2,1-4H3. The van der Waals surface area contributed by atoms with Crippen LogP contribution < -0.4 is 14.5 Å². The number of aromatic hydroxyl groups is 1. The number of benzene rings is 3. The molecule has 6 unspecified atom stereocenters. The van der Waals surface area contributed by atoms with E-state index in [1.54, 1.807) is 71.6 Å². The van der Waals surface area contributed by atoms with Gasteiger partial charge >= 0.3 is 0 Å². The number of aryl methyl sites for hydroxylation is 2. The Morgan fingerprint density at radius 2 is 1.75 bits per heavy atom. The van der Waals surface area contributed by atoms with Crippen molar-refractivity contribution in [2.45, 2.75) is 39.5 Å². The van der Waals surface area contributed by atoms with E-state index in [1.807, 2.05) is 45.0 Å². The quantitative estimate of drug-likeness (QED) is 0.134. The van der Waals surface area contributed by atoms with Gasteiger partial charge in [0, 0.05) is 33.2 Å². The van der Waals surface area contributed by atoms with Gasteiger partial charge in [-0.05, 0) is 111 Å². The fraction of sp³-hybridized carbons (Fsp3) is 0.310. The summed E-state index contributed by atoms with van der Waals surface area (Å²) in [5.41, 5.74) is 2.37. The topological polar surface area (TPSA) is 122 Å². The second-order valence-corrected chi connectivity index (χ2v) is 17.4. The number of phenols is 1. The maximum absolute atomic E-state index is 15.2. The zero-order valence-corrected chi connectivity index (χ0v) is 33.5. The lowest BCUT2D eigenvalue weighted by Gasteiger charge is -2.49. The fourth-order valence-corrected chi connectivity index (χ4v) is 11.2. The predicted octanol–water partition coefficient (Wildman–Crippen LogP) is 8.57. The maximum Gasteiger partial charge on any atom is 0.242 e. The number of imide groups is 2. The minimum absolute atomic E-state index is 0.0456. The lowest BCUT2D eigenvalue weighted by molar-refractivity contribution is -0.131. The van der Waals surface area contributed by atoms with Crippen LogP contribution >= 0.6 is 38.9 Å². The Bertz CT molecular complexity index is 2530. The maximum atomic E-state index is 15.2. The van der Waals surface area contributed by atoms with Gasteiger partial charge in [0.05, 0.1) is 40.3 Å². The largest absolute Gasteiger partial charge is 0.504 e. The van der Waals surface area contributed by atoms with Crippen LogP contribution in [0.5, 0.6) is 11.5 Å². The molecule has 280 valence electrons. The average molecular weight is 840 g/mol. The number of amides is 4. The molecule has 2 aliphatic carbocycles. The monoisotopic (exact) mass is 838 g/mol. The number of thiophene rings is 1. The Kier molecular flexibility index (Phi) is 8.41. The summed E-state index contributed by atoms with van der Waals surface area (Å²) in [4.78, 5) is 62.0. The van der Waals surface area contributed by atoms with Crippen molar-refractivity contribution in [1.29, 1.82) is 0 Å². The number of allylic oxidation sites excluding steroid dienone is 2. The molecule has 0 spiro atoms. The second kappa shape index (κ2) is 12.9. The van der Waals surface area contributed by atoms with E-state index < -0.39 is 35.0 Å². The van der Waals surface area contributed by atoms with Gasteiger partial charge in [-0.15, -0.1) is 11.3 Å². The third kappa shape index (κ3) is 5.20. The normalized spacial score (nSPS) is 26.1. The van der Waals surface area contributed by atoms with Gasteiger partial charge in [0.15, 0.2) is 11.5 Å². The SMILES string of the molecule is CCOc1cc(C2C3=CCC4C(=O)N(c5ccc(Br)cc5)C(=O)C4C3CC3C(=O)N(c4cc(-c5sc6ccc(Cl)cc6c5C)nn4C)C(=O)C32C)ccc1O. The summed E-state index contributed by atoms with van der Waals surface area (Å²) in [5, 5.41) is 17.2. The van der Waals surface area contributed by atoms with E-state index in [9.17, 15) is 19.5 Å². The predicted molar refractivity (Wildman–Crippen MR) is 214 cm³/mol. The van der Waals surface area contributed by atoms with E-state index in [0.717, 1.165) is 30.6 Å². The molecular formula is C42H36BrClN4O6S. The highest BCUT2D eigenvalue weighted by molar-refractivity contribution is 9.10. The average Bonchev–Trinajstić information content (AvgIpc) is 3.83. The minimum atomic E-state index is -1.28. The molecule has 4 amide bonds. The number of fused-ring (bicyclic) bond motifs is 5. The van der Waals surface area contributed by atoms with E-state index in [4.69, 9.17) is 21.4 Å². The van der Waals surface area contributed by atoms with Crippen molar-refractivity contribution < 1.29 is 29.0 Å². The number of rotatable bonds is 6. The highest BCUT2D eigenvalue weighted by Crippen LogP contribution is 2.64. The van der Waals surface area contributed by atoms with Gasteiger partial charge in [0.2, 0.25) is 23.6 Å². The summed E-state index contributed by atoms with van der Waals surface area (Å²) in [7, 11) is 1.72. The molecule has 4 heterocycles. The minimum Gasteiger partial charge on any atom is -0.504 e. The Morgan fingerprint density at radius 1 is 0.982 bits per heavy atom. The number of anilines is 2. The first-order valence-corrected chi connectivity index (χ1v) is 20.2. The first kappa shape index (κ1) is 35.9. The van der Waals surface area contributed by atoms with Crippen LogP contribution in [0.15, 0.2) is 82.9 Å². The lowest BCUT2D eigenvalue weighted by Crippen LogP contribution is -2.49. The molecule has 2 aliphatic heterocycles.